The van der Waals surface area contributed by atoms with E-state index >= 15 is 0 Å². The molecule has 0 bridgehead atoms. The van der Waals surface area contributed by atoms with E-state index in [1.54, 1.807) is 13.8 Å². The van der Waals surface area contributed by atoms with Gasteiger partial charge in [0.25, 0.3) is 0 Å². The zero-order valence-corrected chi connectivity index (χ0v) is 14.4. The Morgan fingerprint density at radius 2 is 2.09 bits per heavy atom. The van der Waals surface area contributed by atoms with Crippen molar-refractivity contribution in [1.29, 1.82) is 0 Å². The Morgan fingerprint density at radius 3 is 2.65 bits per heavy atom. The van der Waals surface area contributed by atoms with Crippen molar-refractivity contribution < 1.29 is 19.1 Å². The molecule has 1 aromatic rings. The van der Waals surface area contributed by atoms with E-state index in [-0.39, 0.29) is 12.4 Å². The molecule has 6 nitrogen and oxygen atoms in total. The Balaban J connectivity index is 1.94. The molecule has 0 amide bonds. The maximum atomic E-state index is 12.6. The number of hydrazone groups is 1. The second kappa shape index (κ2) is 6.05. The third-order valence-corrected chi connectivity index (χ3v) is 4.54. The van der Waals surface area contributed by atoms with E-state index in [1.807, 2.05) is 24.3 Å². The molecule has 1 saturated heterocycles. The molecule has 1 N–H and O–H groups in total. The number of esters is 1. The van der Waals surface area contributed by atoms with Gasteiger partial charge in [0.15, 0.2) is 11.6 Å². The standard InChI is InChI=1S/C16H17BrN2O4/c1-3-22-15(21)13-11(9-4-6-10(17)7-5-9)12(18-19-13)14(20)16(2)8-23-16/h4-7,11,13,19H,3,8H2,1-2H3/t11-,13-,16?/m1/s1. The van der Waals surface area contributed by atoms with Gasteiger partial charge < -0.3 is 9.47 Å². The first kappa shape index (κ1) is 16.1. The van der Waals surface area contributed by atoms with Gasteiger partial charge in [-0.15, -0.1) is 0 Å². The van der Waals surface area contributed by atoms with Gasteiger partial charge in [-0.1, -0.05) is 28.1 Å². The quantitative estimate of drug-likeness (QED) is 0.621. The molecule has 1 aromatic carbocycles. The summed E-state index contributed by atoms with van der Waals surface area (Å²) in [5.41, 5.74) is 3.08. The summed E-state index contributed by atoms with van der Waals surface area (Å²) in [6.07, 6.45) is 0. The molecule has 0 radical (unpaired) electrons. The lowest BCUT2D eigenvalue weighted by atomic mass is 9.84. The van der Waals surface area contributed by atoms with Crippen LogP contribution in [0.25, 0.3) is 0 Å². The molecular weight excluding hydrogens is 364 g/mol. The number of halogens is 1. The van der Waals surface area contributed by atoms with Crippen molar-refractivity contribution in [2.45, 2.75) is 31.4 Å². The normalized spacial score (nSPS) is 28.7. The summed E-state index contributed by atoms with van der Waals surface area (Å²) in [7, 11) is 0. The number of rotatable bonds is 5. The van der Waals surface area contributed by atoms with Crippen LogP contribution in [0, 0.1) is 0 Å². The van der Waals surface area contributed by atoms with E-state index in [9.17, 15) is 9.59 Å². The summed E-state index contributed by atoms with van der Waals surface area (Å²) < 4.78 is 11.3. The van der Waals surface area contributed by atoms with Crippen molar-refractivity contribution >= 4 is 33.4 Å². The topological polar surface area (TPSA) is 80.3 Å². The van der Waals surface area contributed by atoms with Crippen molar-refractivity contribution in [3.63, 3.8) is 0 Å². The average Bonchev–Trinajstić information content (AvgIpc) is 3.13. The van der Waals surface area contributed by atoms with Crippen LogP contribution in [0.15, 0.2) is 33.8 Å². The lowest BCUT2D eigenvalue weighted by Gasteiger charge is -2.20. The molecular formula is C16H17BrN2O4. The van der Waals surface area contributed by atoms with Crippen LogP contribution in [0.4, 0.5) is 0 Å². The Morgan fingerprint density at radius 1 is 1.43 bits per heavy atom. The van der Waals surface area contributed by atoms with Crippen molar-refractivity contribution in [2.24, 2.45) is 5.10 Å². The minimum atomic E-state index is -0.822. The fourth-order valence-corrected chi connectivity index (χ4v) is 2.85. The smallest absolute Gasteiger partial charge is 0.331 e. The summed E-state index contributed by atoms with van der Waals surface area (Å²) in [5.74, 6) is -1.10. The highest BCUT2D eigenvalue weighted by atomic mass is 79.9. The number of epoxide rings is 1. The predicted octanol–water partition coefficient (Wildman–Crippen LogP) is 1.78. The van der Waals surface area contributed by atoms with Crippen LogP contribution in [0.5, 0.6) is 0 Å². The first-order chi connectivity index (χ1) is 11.0. The van der Waals surface area contributed by atoms with E-state index in [0.717, 1.165) is 10.0 Å². The third-order valence-electron chi connectivity index (χ3n) is 4.01. The summed E-state index contributed by atoms with van der Waals surface area (Å²) in [6, 6.07) is 6.76. The Hall–Kier alpha value is -1.73. The van der Waals surface area contributed by atoms with Crippen molar-refractivity contribution in [1.82, 2.24) is 5.43 Å². The predicted molar refractivity (Wildman–Crippen MR) is 87.2 cm³/mol. The maximum Gasteiger partial charge on any atom is 0.331 e. The first-order valence-corrected chi connectivity index (χ1v) is 8.19. The number of nitrogens with zero attached hydrogens (tertiary/aromatic N) is 1. The molecule has 0 aliphatic carbocycles. The van der Waals surface area contributed by atoms with E-state index in [0.29, 0.717) is 12.3 Å². The zero-order chi connectivity index (χ0) is 16.6. The molecule has 1 unspecified atom stereocenters. The summed E-state index contributed by atoms with van der Waals surface area (Å²) in [6.45, 7) is 4.12. The van der Waals surface area contributed by atoms with E-state index in [1.165, 1.54) is 0 Å². The van der Waals surface area contributed by atoms with Gasteiger partial charge in [-0.3, -0.25) is 10.2 Å². The Kier molecular flexibility index (Phi) is 4.25. The van der Waals surface area contributed by atoms with E-state index in [2.05, 4.69) is 26.5 Å². The highest BCUT2D eigenvalue weighted by Crippen LogP contribution is 2.34. The van der Waals surface area contributed by atoms with Crippen LogP contribution < -0.4 is 5.43 Å². The van der Waals surface area contributed by atoms with Crippen LogP contribution in [-0.4, -0.2) is 42.3 Å². The number of hydrogen-bond donors (Lipinski definition) is 1. The molecule has 23 heavy (non-hydrogen) atoms. The SMILES string of the molecule is CCOC(=O)[C@@H]1NN=C(C(=O)C2(C)CO2)[C@H]1c1ccc(Br)cc1. The number of hydrogen-bond acceptors (Lipinski definition) is 6. The zero-order valence-electron chi connectivity index (χ0n) is 12.8. The number of ether oxygens (including phenoxy) is 2. The number of carbonyl (C=O) groups is 2. The lowest BCUT2D eigenvalue weighted by Crippen LogP contribution is -2.40. The third kappa shape index (κ3) is 3.03. The minimum absolute atomic E-state index is 0.190. The summed E-state index contributed by atoms with van der Waals surface area (Å²) in [5, 5.41) is 4.13. The number of Topliss-reactive ketones (excluding diaryl/α,β-unsaturated/α-hetero) is 1. The number of benzene rings is 1. The van der Waals surface area contributed by atoms with E-state index in [4.69, 9.17) is 9.47 Å². The van der Waals surface area contributed by atoms with Crippen molar-refractivity contribution in [3.8, 4) is 0 Å². The number of nitrogens with one attached hydrogen (secondary N) is 1. The van der Waals surface area contributed by atoms with E-state index < -0.39 is 23.5 Å². The maximum absolute atomic E-state index is 12.6. The van der Waals surface area contributed by atoms with Gasteiger partial charge in [0.05, 0.1) is 19.1 Å². The van der Waals surface area contributed by atoms with Crippen LogP contribution in [0.1, 0.15) is 25.3 Å². The largest absolute Gasteiger partial charge is 0.464 e. The molecule has 3 atom stereocenters. The number of carbonyl (C=O) groups excluding carboxylic acids is 2. The highest BCUT2D eigenvalue weighted by molar-refractivity contribution is 9.10. The highest BCUT2D eigenvalue weighted by Gasteiger charge is 2.53. The molecule has 0 aromatic heterocycles. The molecule has 0 saturated carbocycles. The fourth-order valence-electron chi connectivity index (χ4n) is 2.58. The van der Waals surface area contributed by atoms with Gasteiger partial charge in [-0.2, -0.15) is 5.10 Å². The second-order valence-electron chi connectivity index (χ2n) is 5.73. The molecule has 2 aliphatic heterocycles. The molecule has 7 heteroatoms. The Labute approximate surface area is 142 Å². The summed E-state index contributed by atoms with van der Waals surface area (Å²) >= 11 is 3.38. The monoisotopic (exact) mass is 380 g/mol. The Bertz CT molecular complexity index is 667. The average molecular weight is 381 g/mol. The van der Waals surface area contributed by atoms with Crippen LogP contribution in [-0.2, 0) is 19.1 Å². The first-order valence-electron chi connectivity index (χ1n) is 7.40. The molecule has 3 rings (SSSR count). The molecule has 2 aliphatic rings. The lowest BCUT2D eigenvalue weighted by molar-refractivity contribution is -0.145. The van der Waals surface area contributed by atoms with Gasteiger partial charge in [0, 0.05) is 4.47 Å². The summed E-state index contributed by atoms with van der Waals surface area (Å²) in [4.78, 5) is 24.9. The van der Waals surface area contributed by atoms with Gasteiger partial charge >= 0.3 is 5.97 Å². The number of ketones is 1. The van der Waals surface area contributed by atoms with Crippen LogP contribution in [0.3, 0.4) is 0 Å². The van der Waals surface area contributed by atoms with Gasteiger partial charge in [0.1, 0.15) is 5.71 Å². The fraction of sp³-hybridized carbons (Fsp3) is 0.438. The van der Waals surface area contributed by atoms with Crippen molar-refractivity contribution in [3.05, 3.63) is 34.3 Å². The molecule has 1 fully saturated rings. The molecule has 122 valence electrons. The van der Waals surface area contributed by atoms with Gasteiger partial charge in [-0.05, 0) is 31.5 Å². The minimum Gasteiger partial charge on any atom is -0.464 e. The van der Waals surface area contributed by atoms with Crippen molar-refractivity contribution in [2.75, 3.05) is 13.2 Å². The second-order valence-corrected chi connectivity index (χ2v) is 6.65. The van der Waals surface area contributed by atoms with Gasteiger partial charge in [-0.25, -0.2) is 4.79 Å². The van der Waals surface area contributed by atoms with Gasteiger partial charge in [0.2, 0.25) is 5.78 Å². The molecule has 0 spiro atoms. The van der Waals surface area contributed by atoms with Crippen LogP contribution in [0.2, 0.25) is 0 Å². The molecule has 2 heterocycles. The van der Waals surface area contributed by atoms with Crippen LogP contribution >= 0.6 is 15.9 Å².